The molecule has 1 unspecified atom stereocenters. The molecule has 0 saturated heterocycles. The maximum absolute atomic E-state index is 12.2. The van der Waals surface area contributed by atoms with E-state index in [4.69, 9.17) is 0 Å². The van der Waals surface area contributed by atoms with Crippen LogP contribution in [0, 0.1) is 6.92 Å². The molecule has 0 radical (unpaired) electrons. The molecule has 1 atom stereocenters. The molecule has 0 saturated carbocycles. The van der Waals surface area contributed by atoms with Crippen LogP contribution in [0.5, 0.6) is 0 Å². The fourth-order valence-corrected chi connectivity index (χ4v) is 3.07. The normalized spacial score (nSPS) is 20.3. The Bertz CT molecular complexity index is 695. The first-order chi connectivity index (χ1) is 10.6. The smallest absolute Gasteiger partial charge is 0.251 e. The Morgan fingerprint density at radius 3 is 2.73 bits per heavy atom. The van der Waals surface area contributed by atoms with Gasteiger partial charge in [-0.2, -0.15) is 0 Å². The number of carbonyl (C=O) groups is 1. The predicted molar refractivity (Wildman–Crippen MR) is 86.9 cm³/mol. The van der Waals surface area contributed by atoms with Crippen LogP contribution in [0.15, 0.2) is 48.5 Å². The lowest BCUT2D eigenvalue weighted by Gasteiger charge is -2.33. The molecule has 0 spiro atoms. The highest BCUT2D eigenvalue weighted by Gasteiger charge is 2.32. The molecule has 0 heterocycles. The van der Waals surface area contributed by atoms with Crippen LogP contribution in [-0.4, -0.2) is 23.2 Å². The van der Waals surface area contributed by atoms with Gasteiger partial charge in [0.05, 0.1) is 5.60 Å². The Hall–Kier alpha value is -2.13. The highest BCUT2D eigenvalue weighted by atomic mass is 16.3. The van der Waals surface area contributed by atoms with E-state index in [-0.39, 0.29) is 12.5 Å². The van der Waals surface area contributed by atoms with Gasteiger partial charge in [-0.3, -0.25) is 4.79 Å². The molecule has 3 nitrogen and oxygen atoms in total. The van der Waals surface area contributed by atoms with Gasteiger partial charge in [-0.25, -0.2) is 0 Å². The number of carbonyl (C=O) groups excluding carboxylic acids is 1. The zero-order valence-electron chi connectivity index (χ0n) is 12.8. The Labute approximate surface area is 131 Å². The lowest BCUT2D eigenvalue weighted by atomic mass is 9.80. The molecule has 0 fully saturated rings. The molecule has 3 rings (SSSR count). The zero-order chi connectivity index (χ0) is 15.6. The van der Waals surface area contributed by atoms with Crippen LogP contribution in [0.2, 0.25) is 0 Å². The van der Waals surface area contributed by atoms with Crippen molar-refractivity contribution < 1.29 is 9.90 Å². The lowest BCUT2D eigenvalue weighted by molar-refractivity contribution is 0.0260. The quantitative estimate of drug-likeness (QED) is 0.914. The summed E-state index contributed by atoms with van der Waals surface area (Å²) < 4.78 is 0. The van der Waals surface area contributed by atoms with Crippen molar-refractivity contribution >= 4 is 5.91 Å². The molecule has 0 aromatic heterocycles. The Kier molecular flexibility index (Phi) is 3.99. The number of aliphatic hydroxyl groups is 1. The average molecular weight is 295 g/mol. The van der Waals surface area contributed by atoms with E-state index in [1.165, 1.54) is 11.1 Å². The third-order valence-electron chi connectivity index (χ3n) is 4.36. The van der Waals surface area contributed by atoms with Gasteiger partial charge >= 0.3 is 0 Å². The van der Waals surface area contributed by atoms with E-state index in [2.05, 4.69) is 17.4 Å². The first kappa shape index (κ1) is 14.8. The minimum absolute atomic E-state index is 0.129. The molecule has 22 heavy (non-hydrogen) atoms. The van der Waals surface area contributed by atoms with E-state index in [1.807, 2.05) is 37.3 Å². The molecule has 1 aliphatic rings. The summed E-state index contributed by atoms with van der Waals surface area (Å²) in [6.07, 6.45) is 2.13. The van der Waals surface area contributed by atoms with Crippen LogP contribution < -0.4 is 5.32 Å². The fraction of sp³-hybridized carbons (Fsp3) is 0.316. The second-order valence-corrected chi connectivity index (χ2v) is 6.22. The number of aryl methyl sites for hydroxylation is 2. The van der Waals surface area contributed by atoms with Gasteiger partial charge < -0.3 is 10.4 Å². The molecule has 1 aliphatic carbocycles. The Balaban J connectivity index is 1.65. The number of fused-ring (bicyclic) bond motifs is 1. The van der Waals surface area contributed by atoms with E-state index in [0.29, 0.717) is 18.4 Å². The van der Waals surface area contributed by atoms with Crippen molar-refractivity contribution in [3.8, 4) is 0 Å². The lowest BCUT2D eigenvalue weighted by Crippen LogP contribution is -2.46. The van der Waals surface area contributed by atoms with Gasteiger partial charge in [-0.1, -0.05) is 42.0 Å². The highest BCUT2D eigenvalue weighted by molar-refractivity contribution is 5.94. The summed E-state index contributed by atoms with van der Waals surface area (Å²) in [6, 6.07) is 15.7. The molecular weight excluding hydrogens is 274 g/mol. The van der Waals surface area contributed by atoms with Crippen LogP contribution >= 0.6 is 0 Å². The van der Waals surface area contributed by atoms with E-state index < -0.39 is 5.60 Å². The van der Waals surface area contributed by atoms with Crippen molar-refractivity contribution in [3.05, 3.63) is 70.8 Å². The summed E-state index contributed by atoms with van der Waals surface area (Å²) in [5, 5.41) is 13.6. The first-order valence-corrected chi connectivity index (χ1v) is 7.70. The number of benzene rings is 2. The summed E-state index contributed by atoms with van der Waals surface area (Å²) >= 11 is 0. The second-order valence-electron chi connectivity index (χ2n) is 6.22. The molecule has 0 bridgehead atoms. The first-order valence-electron chi connectivity index (χ1n) is 7.70. The van der Waals surface area contributed by atoms with Crippen molar-refractivity contribution in [2.24, 2.45) is 0 Å². The minimum atomic E-state index is -0.853. The van der Waals surface area contributed by atoms with Gasteiger partial charge in [0.1, 0.15) is 0 Å². The largest absolute Gasteiger partial charge is 0.388 e. The molecule has 2 N–H and O–H groups in total. The van der Waals surface area contributed by atoms with Gasteiger partial charge in [0.15, 0.2) is 0 Å². The third kappa shape index (κ3) is 3.20. The molecule has 2 aromatic carbocycles. The van der Waals surface area contributed by atoms with Crippen LogP contribution in [0.25, 0.3) is 0 Å². The van der Waals surface area contributed by atoms with Gasteiger partial charge in [0.2, 0.25) is 0 Å². The van der Waals surface area contributed by atoms with Gasteiger partial charge in [-0.05, 0) is 43.0 Å². The zero-order valence-corrected chi connectivity index (χ0v) is 12.8. The topological polar surface area (TPSA) is 49.3 Å². The summed E-state index contributed by atoms with van der Waals surface area (Å²) in [5.74, 6) is -0.129. The summed E-state index contributed by atoms with van der Waals surface area (Å²) in [4.78, 5) is 12.2. The average Bonchev–Trinajstić information content (AvgIpc) is 2.52. The van der Waals surface area contributed by atoms with E-state index >= 15 is 0 Å². The minimum Gasteiger partial charge on any atom is -0.388 e. The SMILES string of the molecule is Cc1cccc(C(=O)NCC2(O)CCc3ccccc3C2)c1. The fourth-order valence-electron chi connectivity index (χ4n) is 3.07. The van der Waals surface area contributed by atoms with Crippen LogP contribution in [0.4, 0.5) is 0 Å². The van der Waals surface area contributed by atoms with Crippen molar-refractivity contribution in [1.82, 2.24) is 5.32 Å². The maximum Gasteiger partial charge on any atom is 0.251 e. The Morgan fingerprint density at radius 1 is 1.18 bits per heavy atom. The monoisotopic (exact) mass is 295 g/mol. The maximum atomic E-state index is 12.2. The van der Waals surface area contributed by atoms with Gasteiger partial charge in [0, 0.05) is 18.5 Å². The van der Waals surface area contributed by atoms with Crippen molar-refractivity contribution in [1.29, 1.82) is 0 Å². The Morgan fingerprint density at radius 2 is 1.95 bits per heavy atom. The van der Waals surface area contributed by atoms with Crippen molar-refractivity contribution in [2.75, 3.05) is 6.54 Å². The standard InChI is InChI=1S/C19H21NO2/c1-14-5-4-8-16(11-14)18(21)20-13-19(22)10-9-15-6-2-3-7-17(15)12-19/h2-8,11,22H,9-10,12-13H2,1H3,(H,20,21). The third-order valence-corrected chi connectivity index (χ3v) is 4.36. The number of hydrogen-bond donors (Lipinski definition) is 2. The molecule has 0 aliphatic heterocycles. The van der Waals surface area contributed by atoms with Crippen LogP contribution in [0.1, 0.15) is 33.5 Å². The summed E-state index contributed by atoms with van der Waals surface area (Å²) in [7, 11) is 0. The number of rotatable bonds is 3. The van der Waals surface area contributed by atoms with E-state index in [0.717, 1.165) is 12.0 Å². The number of amides is 1. The molecule has 1 amide bonds. The number of hydrogen-bond acceptors (Lipinski definition) is 2. The van der Waals surface area contributed by atoms with E-state index in [1.54, 1.807) is 6.07 Å². The molecule has 114 valence electrons. The van der Waals surface area contributed by atoms with E-state index in [9.17, 15) is 9.90 Å². The highest BCUT2D eigenvalue weighted by Crippen LogP contribution is 2.28. The second kappa shape index (κ2) is 5.93. The predicted octanol–water partition coefficient (Wildman–Crippen LogP) is 2.64. The summed E-state index contributed by atoms with van der Waals surface area (Å²) in [5.41, 5.74) is 3.32. The van der Waals surface area contributed by atoms with Gasteiger partial charge in [-0.15, -0.1) is 0 Å². The molecular formula is C19H21NO2. The van der Waals surface area contributed by atoms with Gasteiger partial charge in [0.25, 0.3) is 5.91 Å². The number of nitrogens with one attached hydrogen (secondary N) is 1. The summed E-state index contributed by atoms with van der Waals surface area (Å²) in [6.45, 7) is 2.25. The van der Waals surface area contributed by atoms with Crippen LogP contribution in [0.3, 0.4) is 0 Å². The molecule has 3 heteroatoms. The van der Waals surface area contributed by atoms with Crippen molar-refractivity contribution in [3.63, 3.8) is 0 Å². The molecule has 2 aromatic rings. The van der Waals surface area contributed by atoms with Crippen molar-refractivity contribution in [2.45, 2.75) is 31.8 Å². The van der Waals surface area contributed by atoms with Crippen LogP contribution in [-0.2, 0) is 12.8 Å².